The molecule has 0 unspecified atom stereocenters. The molecule has 0 amide bonds. The van der Waals surface area contributed by atoms with Crippen molar-refractivity contribution in [2.45, 2.75) is 0 Å². The molecule has 3 nitrogen and oxygen atoms in total. The summed E-state index contributed by atoms with van der Waals surface area (Å²) in [6.07, 6.45) is 0. The Bertz CT molecular complexity index is 1470. The van der Waals surface area contributed by atoms with Gasteiger partial charge >= 0.3 is 5.97 Å². The quantitative estimate of drug-likeness (QED) is 0.245. The number of aliphatic imine (C=N–C) groups is 1. The number of carboxylic acid groups (broad SMARTS) is 1. The Hall–Kier alpha value is -2.82. The van der Waals surface area contributed by atoms with E-state index in [9.17, 15) is 9.90 Å². The normalized spacial score (nSPS) is 13.2. The number of halogens is 4. The first kappa shape index (κ1) is 22.0. The highest BCUT2D eigenvalue weighted by Crippen LogP contribution is 2.46. The summed E-state index contributed by atoms with van der Waals surface area (Å²) in [6, 6.07) is 22.2. The van der Waals surface area contributed by atoms with Gasteiger partial charge in [-0.2, -0.15) is 0 Å². The van der Waals surface area contributed by atoms with Crippen LogP contribution in [0.1, 0.15) is 21.5 Å². The van der Waals surface area contributed by atoms with Crippen molar-refractivity contribution in [2.24, 2.45) is 4.99 Å². The Labute approximate surface area is 209 Å². The molecule has 4 aromatic rings. The molecule has 4 aromatic carbocycles. The van der Waals surface area contributed by atoms with Gasteiger partial charge in [0.25, 0.3) is 0 Å². The summed E-state index contributed by atoms with van der Waals surface area (Å²) in [5.41, 5.74) is 6.67. The third-order valence-electron chi connectivity index (χ3n) is 5.50. The van der Waals surface area contributed by atoms with E-state index >= 15 is 0 Å². The summed E-state index contributed by atoms with van der Waals surface area (Å²) in [4.78, 5) is 16.3. The van der Waals surface area contributed by atoms with Gasteiger partial charge in [0.1, 0.15) is 5.69 Å². The zero-order chi connectivity index (χ0) is 23.3. The lowest BCUT2D eigenvalue weighted by Crippen LogP contribution is -1.99. The lowest BCUT2D eigenvalue weighted by atomic mass is 9.97. The fourth-order valence-electron chi connectivity index (χ4n) is 3.95. The van der Waals surface area contributed by atoms with Crippen LogP contribution >= 0.6 is 46.4 Å². The molecule has 0 atom stereocenters. The molecule has 0 saturated heterocycles. The van der Waals surface area contributed by atoms with Gasteiger partial charge in [0.05, 0.1) is 31.4 Å². The monoisotopic (exact) mass is 511 g/mol. The second-order valence-electron chi connectivity index (χ2n) is 7.47. The van der Waals surface area contributed by atoms with Gasteiger partial charge in [-0.15, -0.1) is 0 Å². The molecule has 7 heteroatoms. The molecular weight excluding hydrogens is 500 g/mol. The molecule has 1 aliphatic carbocycles. The van der Waals surface area contributed by atoms with Crippen LogP contribution in [-0.2, 0) is 0 Å². The van der Waals surface area contributed by atoms with E-state index in [1.807, 2.05) is 48.5 Å². The first-order valence-electron chi connectivity index (χ1n) is 9.84. The van der Waals surface area contributed by atoms with Crippen LogP contribution in [0.15, 0.2) is 77.8 Å². The summed E-state index contributed by atoms with van der Waals surface area (Å²) in [6.45, 7) is 0. The third kappa shape index (κ3) is 3.81. The number of hydrogen-bond acceptors (Lipinski definition) is 2. The summed E-state index contributed by atoms with van der Waals surface area (Å²) in [5, 5.41) is 10.3. The van der Waals surface area contributed by atoms with Crippen molar-refractivity contribution in [3.05, 3.63) is 110 Å². The fourth-order valence-corrected chi connectivity index (χ4v) is 4.83. The predicted molar refractivity (Wildman–Crippen MR) is 136 cm³/mol. The predicted octanol–water partition coefficient (Wildman–Crippen LogP) is 8.81. The highest BCUT2D eigenvalue weighted by molar-refractivity contribution is 6.50. The molecule has 0 aromatic heterocycles. The topological polar surface area (TPSA) is 49.7 Å². The van der Waals surface area contributed by atoms with Gasteiger partial charge in [-0.25, -0.2) is 9.79 Å². The van der Waals surface area contributed by atoms with E-state index in [0.29, 0.717) is 11.4 Å². The van der Waals surface area contributed by atoms with Crippen LogP contribution in [0.4, 0.5) is 5.69 Å². The SMILES string of the molecule is O=C(O)c1cccc(-c2ccc3c(c2)/C(=N/c2c(Cl)c(Cl)cc(Cl)c2Cl)c2ccccc2-3)c1. The summed E-state index contributed by atoms with van der Waals surface area (Å²) < 4.78 is 0. The van der Waals surface area contributed by atoms with Crippen LogP contribution in [0.5, 0.6) is 0 Å². The molecule has 162 valence electrons. The minimum Gasteiger partial charge on any atom is -0.478 e. The van der Waals surface area contributed by atoms with E-state index in [1.54, 1.807) is 18.2 Å². The van der Waals surface area contributed by atoms with Crippen molar-refractivity contribution in [3.63, 3.8) is 0 Å². The average Bonchev–Trinajstić information content (AvgIpc) is 3.13. The molecule has 0 bridgehead atoms. The van der Waals surface area contributed by atoms with E-state index in [0.717, 1.165) is 33.4 Å². The molecule has 0 heterocycles. The fraction of sp³-hybridized carbons (Fsp3) is 0. The van der Waals surface area contributed by atoms with E-state index in [2.05, 4.69) is 0 Å². The highest BCUT2D eigenvalue weighted by Gasteiger charge is 2.26. The van der Waals surface area contributed by atoms with Crippen molar-refractivity contribution in [1.29, 1.82) is 0 Å². The van der Waals surface area contributed by atoms with Crippen molar-refractivity contribution in [1.82, 2.24) is 0 Å². The van der Waals surface area contributed by atoms with Crippen molar-refractivity contribution >= 4 is 63.8 Å². The standard InChI is InChI=1S/C26H13Cl4NO2/c27-20-12-21(28)23(30)25(22(20)29)31-24-18-7-2-1-6-16(18)17-9-8-14(11-19(17)24)13-4-3-5-15(10-13)26(32)33/h1-12H,(H,32,33)/b31-24+. The molecule has 0 spiro atoms. The maximum Gasteiger partial charge on any atom is 0.335 e. The van der Waals surface area contributed by atoms with Crippen LogP contribution in [0.3, 0.4) is 0 Å². The van der Waals surface area contributed by atoms with Crippen molar-refractivity contribution in [2.75, 3.05) is 0 Å². The van der Waals surface area contributed by atoms with E-state index in [-0.39, 0.29) is 25.7 Å². The van der Waals surface area contributed by atoms with Gasteiger partial charge in [-0.1, -0.05) is 94.9 Å². The van der Waals surface area contributed by atoms with Crippen LogP contribution in [-0.4, -0.2) is 16.8 Å². The Morgan fingerprint density at radius 1 is 0.667 bits per heavy atom. The average molecular weight is 513 g/mol. The summed E-state index contributed by atoms with van der Waals surface area (Å²) in [5.74, 6) is -0.977. The Kier molecular flexibility index (Phi) is 5.67. The number of rotatable bonds is 3. The van der Waals surface area contributed by atoms with Gasteiger partial charge in [0, 0.05) is 11.1 Å². The van der Waals surface area contributed by atoms with Crippen LogP contribution in [0.25, 0.3) is 22.3 Å². The largest absolute Gasteiger partial charge is 0.478 e. The van der Waals surface area contributed by atoms with Crippen LogP contribution < -0.4 is 0 Å². The van der Waals surface area contributed by atoms with Gasteiger partial charge in [-0.3, -0.25) is 0 Å². The molecule has 0 aliphatic heterocycles. The zero-order valence-electron chi connectivity index (χ0n) is 16.7. The molecule has 33 heavy (non-hydrogen) atoms. The number of aromatic carboxylic acids is 1. The number of fused-ring (bicyclic) bond motifs is 3. The summed E-state index contributed by atoms with van der Waals surface area (Å²) >= 11 is 25.3. The smallest absolute Gasteiger partial charge is 0.335 e. The van der Waals surface area contributed by atoms with Gasteiger partial charge in [-0.05, 0) is 46.5 Å². The molecule has 5 rings (SSSR count). The molecule has 0 fully saturated rings. The minimum absolute atomic E-state index is 0.217. The second-order valence-corrected chi connectivity index (χ2v) is 9.04. The van der Waals surface area contributed by atoms with E-state index in [1.165, 1.54) is 6.07 Å². The third-order valence-corrected chi connectivity index (χ3v) is 7.06. The zero-order valence-corrected chi connectivity index (χ0v) is 19.8. The molecule has 1 aliphatic rings. The van der Waals surface area contributed by atoms with Crippen molar-refractivity contribution in [3.8, 4) is 22.3 Å². The van der Waals surface area contributed by atoms with E-state index in [4.69, 9.17) is 51.4 Å². The van der Waals surface area contributed by atoms with Gasteiger partial charge in [0.2, 0.25) is 0 Å². The van der Waals surface area contributed by atoms with Crippen LogP contribution in [0.2, 0.25) is 20.1 Å². The molecule has 1 N–H and O–H groups in total. The Morgan fingerprint density at radius 3 is 2.00 bits per heavy atom. The molecule has 0 radical (unpaired) electrons. The van der Waals surface area contributed by atoms with Crippen LogP contribution in [0, 0.1) is 0 Å². The number of carboxylic acids is 1. The maximum atomic E-state index is 11.4. The lowest BCUT2D eigenvalue weighted by Gasteiger charge is -2.10. The van der Waals surface area contributed by atoms with E-state index < -0.39 is 5.97 Å². The molecule has 0 saturated carbocycles. The molecular formula is C26H13Cl4NO2. The number of nitrogens with zero attached hydrogens (tertiary/aromatic N) is 1. The minimum atomic E-state index is -0.977. The number of hydrogen-bond donors (Lipinski definition) is 1. The lowest BCUT2D eigenvalue weighted by molar-refractivity contribution is 0.0697. The number of benzene rings is 4. The van der Waals surface area contributed by atoms with Crippen molar-refractivity contribution < 1.29 is 9.90 Å². The van der Waals surface area contributed by atoms with Gasteiger partial charge in [0.15, 0.2) is 0 Å². The Balaban J connectivity index is 1.74. The Morgan fingerprint density at radius 2 is 1.30 bits per heavy atom. The van der Waals surface area contributed by atoms with Gasteiger partial charge < -0.3 is 5.11 Å². The number of carbonyl (C=O) groups is 1. The maximum absolute atomic E-state index is 11.4. The second kappa shape index (κ2) is 8.51. The highest BCUT2D eigenvalue weighted by atomic mass is 35.5. The summed E-state index contributed by atoms with van der Waals surface area (Å²) in [7, 11) is 0. The first-order chi connectivity index (χ1) is 15.8. The first-order valence-corrected chi connectivity index (χ1v) is 11.4.